The highest BCUT2D eigenvalue weighted by atomic mass is 32.2. The Bertz CT molecular complexity index is 312. The molecule has 0 amide bonds. The van der Waals surface area contributed by atoms with Crippen molar-refractivity contribution >= 4 is 17.7 Å². The number of Topliss-reactive ketones (excluding diaryl/α,β-unsaturated/α-hetero) is 1. The molecule has 0 N–H and O–H groups in total. The molecule has 62 valence electrons. The fourth-order valence-electron chi connectivity index (χ4n) is 0.877. The van der Waals surface area contributed by atoms with Crippen LogP contribution < -0.4 is 0 Å². The molecule has 0 spiro atoms. The van der Waals surface area contributed by atoms with Crippen molar-refractivity contribution in [2.45, 2.75) is 11.8 Å². The first kappa shape index (κ1) is 8.93. The molecule has 4 heteroatoms. The van der Waals surface area contributed by atoms with Gasteiger partial charge in [-0.2, -0.15) is 0 Å². The summed E-state index contributed by atoms with van der Waals surface area (Å²) >= 11 is 0.779. The lowest BCUT2D eigenvalue weighted by molar-refractivity contribution is 0.101. The Morgan fingerprint density at radius 3 is 2.67 bits per heavy atom. The third-order valence-electron chi connectivity index (χ3n) is 1.40. The minimum absolute atomic E-state index is 0.0539. The molecule has 0 aliphatic heterocycles. The van der Waals surface area contributed by atoms with Crippen molar-refractivity contribution in [2.75, 3.05) is 0 Å². The predicted octanol–water partition coefficient (Wildman–Crippen LogP) is 2.66. The number of rotatable bonds is 3. The van der Waals surface area contributed by atoms with Gasteiger partial charge in [0.15, 0.2) is 5.78 Å². The molecule has 0 bridgehead atoms. The van der Waals surface area contributed by atoms with Gasteiger partial charge < -0.3 is 0 Å². The number of hydrogen-bond acceptors (Lipinski definition) is 4. The van der Waals surface area contributed by atoms with Crippen molar-refractivity contribution in [1.29, 1.82) is 0 Å². The molecular formula is C8H7NO2S. The minimum atomic E-state index is -0.0539. The van der Waals surface area contributed by atoms with Crippen LogP contribution in [-0.2, 0) is 0 Å². The van der Waals surface area contributed by atoms with Gasteiger partial charge in [0, 0.05) is 15.0 Å². The number of carbonyl (C=O) groups is 1. The summed E-state index contributed by atoms with van der Waals surface area (Å²) in [6.45, 7) is 1.46. The number of benzene rings is 1. The van der Waals surface area contributed by atoms with Crippen molar-refractivity contribution in [2.24, 2.45) is 4.58 Å². The maximum Gasteiger partial charge on any atom is 0.160 e. The molecule has 12 heavy (non-hydrogen) atoms. The van der Waals surface area contributed by atoms with E-state index in [1.807, 2.05) is 0 Å². The average molecular weight is 181 g/mol. The Labute approximate surface area is 74.3 Å². The van der Waals surface area contributed by atoms with Crippen LogP contribution in [0.3, 0.4) is 0 Å². The van der Waals surface area contributed by atoms with E-state index in [4.69, 9.17) is 0 Å². The Morgan fingerprint density at radius 2 is 2.08 bits per heavy atom. The molecule has 1 rings (SSSR count). The predicted molar refractivity (Wildman–Crippen MR) is 48.1 cm³/mol. The molecular weight excluding hydrogens is 174 g/mol. The average Bonchev–Trinajstić information content (AvgIpc) is 2.05. The second-order valence-corrected chi connectivity index (χ2v) is 2.99. The van der Waals surface area contributed by atoms with Gasteiger partial charge in [-0.15, -0.1) is 4.91 Å². The third kappa shape index (κ3) is 1.92. The molecule has 1 aromatic rings. The first-order valence-electron chi connectivity index (χ1n) is 3.35. The highest BCUT2D eigenvalue weighted by Gasteiger charge is 2.05. The van der Waals surface area contributed by atoms with Gasteiger partial charge in [-0.25, -0.2) is 0 Å². The Kier molecular flexibility index (Phi) is 2.99. The molecule has 1 aromatic carbocycles. The first-order valence-corrected chi connectivity index (χ1v) is 4.12. The van der Waals surface area contributed by atoms with Crippen LogP contribution in [0.15, 0.2) is 33.7 Å². The topological polar surface area (TPSA) is 46.5 Å². The summed E-state index contributed by atoms with van der Waals surface area (Å²) in [5, 5.41) is 0. The zero-order chi connectivity index (χ0) is 8.97. The third-order valence-corrected chi connectivity index (χ3v) is 2.03. The van der Waals surface area contributed by atoms with E-state index in [2.05, 4.69) is 4.58 Å². The zero-order valence-electron chi connectivity index (χ0n) is 6.48. The van der Waals surface area contributed by atoms with E-state index in [-0.39, 0.29) is 5.78 Å². The van der Waals surface area contributed by atoms with Crippen molar-refractivity contribution in [3.05, 3.63) is 34.7 Å². The summed E-state index contributed by atoms with van der Waals surface area (Å²) in [4.78, 5) is 21.5. The van der Waals surface area contributed by atoms with Crippen LogP contribution in [-0.4, -0.2) is 5.78 Å². The summed E-state index contributed by atoms with van der Waals surface area (Å²) in [5.74, 6) is -0.0539. The minimum Gasteiger partial charge on any atom is -0.294 e. The van der Waals surface area contributed by atoms with Gasteiger partial charge in [-0.1, -0.05) is 18.2 Å². The van der Waals surface area contributed by atoms with E-state index in [9.17, 15) is 9.70 Å². The molecule has 0 saturated carbocycles. The van der Waals surface area contributed by atoms with Gasteiger partial charge >= 0.3 is 0 Å². The molecule has 0 aromatic heterocycles. The van der Waals surface area contributed by atoms with E-state index < -0.39 is 0 Å². The molecule has 0 unspecified atom stereocenters. The number of carbonyl (C=O) groups excluding carboxylic acids is 1. The Hall–Kier alpha value is -1.16. The van der Waals surface area contributed by atoms with Gasteiger partial charge in [-0.05, 0) is 13.0 Å². The van der Waals surface area contributed by atoms with Crippen LogP contribution in [0.5, 0.6) is 0 Å². The molecule has 0 aliphatic carbocycles. The highest BCUT2D eigenvalue weighted by Crippen LogP contribution is 2.23. The van der Waals surface area contributed by atoms with Crippen LogP contribution in [0.2, 0.25) is 0 Å². The summed E-state index contributed by atoms with van der Waals surface area (Å²) < 4.78 is 2.66. The lowest BCUT2D eigenvalue weighted by Gasteiger charge is -1.99. The molecule has 3 nitrogen and oxygen atoms in total. The van der Waals surface area contributed by atoms with Gasteiger partial charge in [-0.3, -0.25) is 4.79 Å². The lowest BCUT2D eigenvalue weighted by Crippen LogP contribution is -1.93. The smallest absolute Gasteiger partial charge is 0.160 e. The van der Waals surface area contributed by atoms with E-state index >= 15 is 0 Å². The molecule has 0 atom stereocenters. The standard InChI is InChI=1S/C8H7NO2S/c1-6(10)7-4-2-3-5-8(7)12-9-11/h2-5H,1H3. The van der Waals surface area contributed by atoms with Crippen molar-refractivity contribution in [3.63, 3.8) is 0 Å². The van der Waals surface area contributed by atoms with Crippen LogP contribution in [0, 0.1) is 4.91 Å². The normalized spacial score (nSPS) is 9.42. The van der Waals surface area contributed by atoms with Crippen molar-refractivity contribution in [1.82, 2.24) is 0 Å². The number of ketones is 1. The van der Waals surface area contributed by atoms with Crippen LogP contribution in [0.4, 0.5) is 0 Å². The largest absolute Gasteiger partial charge is 0.294 e. The summed E-state index contributed by atoms with van der Waals surface area (Å²) in [6, 6.07) is 6.89. The summed E-state index contributed by atoms with van der Waals surface area (Å²) in [5.41, 5.74) is 0.544. The van der Waals surface area contributed by atoms with Crippen molar-refractivity contribution < 1.29 is 4.79 Å². The Balaban J connectivity index is 3.07. The van der Waals surface area contributed by atoms with Gasteiger partial charge in [0.25, 0.3) is 0 Å². The fraction of sp³-hybridized carbons (Fsp3) is 0.125. The summed E-state index contributed by atoms with van der Waals surface area (Å²) in [7, 11) is 0. The Morgan fingerprint density at radius 1 is 1.42 bits per heavy atom. The van der Waals surface area contributed by atoms with E-state index in [0.717, 1.165) is 11.9 Å². The van der Waals surface area contributed by atoms with E-state index in [0.29, 0.717) is 10.5 Å². The van der Waals surface area contributed by atoms with Crippen molar-refractivity contribution in [3.8, 4) is 0 Å². The maximum absolute atomic E-state index is 11.0. The van der Waals surface area contributed by atoms with E-state index in [1.54, 1.807) is 24.3 Å². The zero-order valence-corrected chi connectivity index (χ0v) is 7.30. The molecule has 0 fully saturated rings. The maximum atomic E-state index is 11.0. The SMILES string of the molecule is CC(=O)c1ccccc1SN=O. The molecule has 0 radical (unpaired) electrons. The molecule has 0 saturated heterocycles. The fourth-order valence-corrected chi connectivity index (χ4v) is 1.41. The molecule has 0 heterocycles. The van der Waals surface area contributed by atoms with E-state index in [1.165, 1.54) is 6.92 Å². The second kappa shape index (κ2) is 4.01. The number of hydrogen-bond donors (Lipinski definition) is 0. The van der Waals surface area contributed by atoms with Crippen LogP contribution in [0.25, 0.3) is 0 Å². The van der Waals surface area contributed by atoms with Crippen LogP contribution in [0.1, 0.15) is 17.3 Å². The monoisotopic (exact) mass is 181 g/mol. The van der Waals surface area contributed by atoms with Crippen LogP contribution >= 0.6 is 11.9 Å². The first-order chi connectivity index (χ1) is 5.75. The van der Waals surface area contributed by atoms with Gasteiger partial charge in [0.05, 0.1) is 11.9 Å². The number of nitrogens with zero attached hydrogens (tertiary/aromatic N) is 1. The van der Waals surface area contributed by atoms with Gasteiger partial charge in [0.1, 0.15) is 0 Å². The second-order valence-electron chi connectivity index (χ2n) is 2.22. The summed E-state index contributed by atoms with van der Waals surface area (Å²) in [6.07, 6.45) is 0. The molecule has 0 aliphatic rings. The quantitative estimate of drug-likeness (QED) is 0.409. The number of nitroso groups, excluding NO2 is 1. The highest BCUT2D eigenvalue weighted by molar-refractivity contribution is 7.98. The van der Waals surface area contributed by atoms with Gasteiger partial charge in [0.2, 0.25) is 0 Å². The lowest BCUT2D eigenvalue weighted by atomic mass is 10.1.